The number of nitrogens with zero attached hydrogens (tertiary/aromatic N) is 1. The predicted molar refractivity (Wildman–Crippen MR) is 88.6 cm³/mol. The quantitative estimate of drug-likeness (QED) is 0.635. The highest BCUT2D eigenvalue weighted by Crippen LogP contribution is 2.35. The first-order chi connectivity index (χ1) is 10.5. The summed E-state index contributed by atoms with van der Waals surface area (Å²) in [6, 6.07) is 7.03. The van der Waals surface area contributed by atoms with Crippen molar-refractivity contribution in [1.29, 1.82) is 0 Å². The van der Waals surface area contributed by atoms with Crippen molar-refractivity contribution in [2.45, 2.75) is 11.8 Å². The largest absolute Gasteiger partial charge is 0.244 e. The number of hydrogen-bond donors (Lipinski definition) is 0. The van der Waals surface area contributed by atoms with Crippen LogP contribution in [-0.4, -0.2) is 25.8 Å². The highest BCUT2D eigenvalue weighted by atomic mass is 32.2. The number of sulfonamides is 1. The third-order valence-electron chi connectivity index (χ3n) is 4.36. The second-order valence-electron chi connectivity index (χ2n) is 5.85. The third-order valence-corrected chi connectivity index (χ3v) is 6.19. The van der Waals surface area contributed by atoms with Crippen molar-refractivity contribution in [3.63, 3.8) is 0 Å². The van der Waals surface area contributed by atoms with Crippen LogP contribution >= 0.6 is 0 Å². The van der Waals surface area contributed by atoms with E-state index in [0.29, 0.717) is 18.0 Å². The third kappa shape index (κ3) is 2.64. The van der Waals surface area contributed by atoms with E-state index in [2.05, 4.69) is 12.7 Å². The van der Waals surface area contributed by atoms with Crippen molar-refractivity contribution in [3.05, 3.63) is 72.7 Å². The normalized spacial score (nSPS) is 25.0. The number of benzene rings is 1. The van der Waals surface area contributed by atoms with E-state index in [1.807, 2.05) is 43.7 Å². The van der Waals surface area contributed by atoms with Gasteiger partial charge in [0.25, 0.3) is 0 Å². The molecule has 3 rings (SSSR count). The van der Waals surface area contributed by atoms with Gasteiger partial charge in [0.2, 0.25) is 10.0 Å². The molecule has 2 aliphatic rings. The second-order valence-corrected chi connectivity index (χ2v) is 7.79. The molecular formula is C18H20NO2S+. The van der Waals surface area contributed by atoms with Crippen molar-refractivity contribution >= 4 is 10.0 Å². The standard InChI is InChI=1S/C18H20NO2S/c1-3-15-12-19(13-16-6-4-5-7-18(15)16)22(20,21)17-10-8-14(2)9-11-17/h3-11,15,18H,1,12-13H2,2H3/q+1. The molecule has 1 fully saturated rings. The summed E-state index contributed by atoms with van der Waals surface area (Å²) in [5, 5.41) is 0. The first kappa shape index (κ1) is 15.1. The van der Waals surface area contributed by atoms with Crippen LogP contribution in [0.25, 0.3) is 0 Å². The zero-order valence-corrected chi connectivity index (χ0v) is 13.5. The first-order valence-electron chi connectivity index (χ1n) is 7.42. The van der Waals surface area contributed by atoms with Crippen molar-refractivity contribution in [1.82, 2.24) is 4.31 Å². The van der Waals surface area contributed by atoms with Gasteiger partial charge in [-0.2, -0.15) is 4.31 Å². The summed E-state index contributed by atoms with van der Waals surface area (Å²) in [6.45, 7) is 6.76. The molecule has 2 atom stereocenters. The lowest BCUT2D eigenvalue weighted by Crippen LogP contribution is -2.44. The van der Waals surface area contributed by atoms with Gasteiger partial charge >= 0.3 is 0 Å². The maximum atomic E-state index is 12.9. The molecule has 0 amide bonds. The summed E-state index contributed by atoms with van der Waals surface area (Å²) in [7, 11) is -3.47. The Morgan fingerprint density at radius 2 is 2.05 bits per heavy atom. The van der Waals surface area contributed by atoms with Gasteiger partial charge in [0.1, 0.15) is 0 Å². The lowest BCUT2D eigenvalue weighted by atomic mass is 9.80. The molecule has 3 nitrogen and oxygen atoms in total. The lowest BCUT2D eigenvalue weighted by molar-refractivity contribution is 0.310. The number of fused-ring (bicyclic) bond motifs is 1. The van der Waals surface area contributed by atoms with Crippen LogP contribution in [0.5, 0.6) is 0 Å². The van der Waals surface area contributed by atoms with Gasteiger partial charge in [0.15, 0.2) is 0 Å². The van der Waals surface area contributed by atoms with Crippen LogP contribution in [0.4, 0.5) is 0 Å². The molecule has 1 aliphatic heterocycles. The number of aryl methyl sites for hydroxylation is 1. The molecule has 1 saturated heterocycles. The van der Waals surface area contributed by atoms with Gasteiger partial charge in [-0.15, -0.1) is 6.58 Å². The van der Waals surface area contributed by atoms with Gasteiger partial charge in [-0.3, -0.25) is 0 Å². The number of hydrogen-bond acceptors (Lipinski definition) is 2. The molecule has 1 aromatic carbocycles. The Morgan fingerprint density at radius 1 is 1.32 bits per heavy atom. The van der Waals surface area contributed by atoms with Crippen LogP contribution in [-0.2, 0) is 10.0 Å². The Kier molecular flexibility index (Phi) is 3.98. The van der Waals surface area contributed by atoms with Gasteiger partial charge in [-0.25, -0.2) is 8.42 Å². The van der Waals surface area contributed by atoms with Crippen LogP contribution < -0.4 is 0 Å². The van der Waals surface area contributed by atoms with Crippen LogP contribution in [0.1, 0.15) is 5.56 Å². The topological polar surface area (TPSA) is 37.4 Å². The minimum absolute atomic E-state index is 0.116. The van der Waals surface area contributed by atoms with Gasteiger partial charge < -0.3 is 0 Å². The van der Waals surface area contributed by atoms with Crippen molar-refractivity contribution in [2.75, 3.05) is 13.1 Å². The van der Waals surface area contributed by atoms with Crippen LogP contribution in [0.15, 0.2) is 65.6 Å². The minimum Gasteiger partial charge on any atom is -0.207 e. The van der Waals surface area contributed by atoms with E-state index < -0.39 is 10.0 Å². The van der Waals surface area contributed by atoms with Crippen molar-refractivity contribution in [3.8, 4) is 0 Å². The Labute approximate surface area is 132 Å². The van der Waals surface area contributed by atoms with Crippen molar-refractivity contribution < 1.29 is 8.42 Å². The van der Waals surface area contributed by atoms with Gasteiger partial charge in [-0.1, -0.05) is 23.8 Å². The molecule has 1 heterocycles. The summed E-state index contributed by atoms with van der Waals surface area (Å²) in [4.78, 5) is 0.357. The Morgan fingerprint density at radius 3 is 2.73 bits per heavy atom. The van der Waals surface area contributed by atoms with Gasteiger partial charge in [0.05, 0.1) is 22.9 Å². The number of allylic oxidation sites excluding steroid dienone is 3. The zero-order chi connectivity index (χ0) is 15.7. The van der Waals surface area contributed by atoms with Crippen LogP contribution in [0.2, 0.25) is 0 Å². The molecule has 0 saturated carbocycles. The smallest absolute Gasteiger partial charge is 0.207 e. The summed E-state index contributed by atoms with van der Waals surface area (Å²) in [5.41, 5.74) is 2.19. The van der Waals surface area contributed by atoms with Crippen LogP contribution in [0, 0.1) is 25.2 Å². The Balaban J connectivity index is 1.93. The lowest BCUT2D eigenvalue weighted by Gasteiger charge is -2.34. The number of rotatable bonds is 3. The molecule has 0 aromatic heterocycles. The maximum Gasteiger partial charge on any atom is 0.244 e. The predicted octanol–water partition coefficient (Wildman–Crippen LogP) is 3.12. The number of piperidine rings is 1. The Bertz CT molecular complexity index is 729. The molecular weight excluding hydrogens is 294 g/mol. The molecule has 1 aliphatic carbocycles. The van der Waals surface area contributed by atoms with Crippen molar-refractivity contribution in [2.24, 2.45) is 11.8 Å². The first-order valence-corrected chi connectivity index (χ1v) is 8.86. The summed E-state index contributed by atoms with van der Waals surface area (Å²) < 4.78 is 27.3. The molecule has 4 heteroatoms. The van der Waals surface area contributed by atoms with Crippen LogP contribution in [0.3, 0.4) is 0 Å². The van der Waals surface area contributed by atoms with E-state index in [1.165, 1.54) is 0 Å². The van der Waals surface area contributed by atoms with E-state index in [4.69, 9.17) is 0 Å². The summed E-state index contributed by atoms with van der Waals surface area (Å²) in [5.74, 6) is 0.386. The zero-order valence-electron chi connectivity index (χ0n) is 12.6. The van der Waals surface area contributed by atoms with E-state index >= 15 is 0 Å². The molecule has 0 spiro atoms. The fraction of sp³-hybridized carbons (Fsp3) is 0.278. The van der Waals surface area contributed by atoms with E-state index in [9.17, 15) is 8.42 Å². The van der Waals surface area contributed by atoms with E-state index in [0.717, 1.165) is 11.1 Å². The van der Waals surface area contributed by atoms with Gasteiger partial charge in [-0.05, 0) is 19.1 Å². The molecule has 2 unspecified atom stereocenters. The molecule has 1 aromatic rings. The summed E-state index contributed by atoms with van der Waals surface area (Å²) in [6.07, 6.45) is 10.0. The molecule has 22 heavy (non-hydrogen) atoms. The molecule has 0 bridgehead atoms. The summed E-state index contributed by atoms with van der Waals surface area (Å²) >= 11 is 0. The SMILES string of the molecule is C=CC1CN(S(=O)(=O)c2ccc(C)cc2)CC2=C[CH+]C=CC21. The molecule has 0 radical (unpaired) electrons. The van der Waals surface area contributed by atoms with E-state index in [-0.39, 0.29) is 11.8 Å². The Hall–Kier alpha value is -1.78. The minimum atomic E-state index is -3.47. The highest BCUT2D eigenvalue weighted by Gasteiger charge is 2.40. The molecule has 114 valence electrons. The highest BCUT2D eigenvalue weighted by molar-refractivity contribution is 7.89. The fourth-order valence-electron chi connectivity index (χ4n) is 3.05. The monoisotopic (exact) mass is 314 g/mol. The average Bonchev–Trinajstić information content (AvgIpc) is 2.54. The second kappa shape index (κ2) is 5.78. The average molecular weight is 314 g/mol. The fourth-order valence-corrected chi connectivity index (χ4v) is 4.52. The maximum absolute atomic E-state index is 12.9. The van der Waals surface area contributed by atoms with Gasteiger partial charge in [0, 0.05) is 37.1 Å². The molecule has 0 N–H and O–H groups in total. The van der Waals surface area contributed by atoms with E-state index in [1.54, 1.807) is 16.4 Å².